The highest BCUT2D eigenvalue weighted by Crippen LogP contribution is 2.29. The second-order valence-electron chi connectivity index (χ2n) is 6.76. The molecular formula is C24H20N2O5S. The van der Waals surface area contributed by atoms with Crippen molar-refractivity contribution in [2.45, 2.75) is 20.1 Å². The minimum Gasteiger partial charge on any atom is -0.486 e. The van der Waals surface area contributed by atoms with Crippen LogP contribution in [0.4, 0.5) is 10.8 Å². The second kappa shape index (κ2) is 9.93. The van der Waals surface area contributed by atoms with Gasteiger partial charge < -0.3 is 13.9 Å². The van der Waals surface area contributed by atoms with Gasteiger partial charge in [0.15, 0.2) is 5.13 Å². The number of amides is 1. The molecule has 2 aromatic carbocycles. The van der Waals surface area contributed by atoms with Gasteiger partial charge in [0.2, 0.25) is 11.7 Å². The van der Waals surface area contributed by atoms with E-state index in [1.54, 1.807) is 17.5 Å². The third kappa shape index (κ3) is 5.22. The summed E-state index contributed by atoms with van der Waals surface area (Å²) >= 11 is 1.30. The van der Waals surface area contributed by atoms with Gasteiger partial charge in [-0.15, -0.1) is 11.3 Å². The molecule has 8 heteroatoms. The average molecular weight is 449 g/mol. The highest BCUT2D eigenvalue weighted by Gasteiger charge is 2.19. The quantitative estimate of drug-likeness (QED) is 0.338. The number of benzene rings is 2. The maximum absolute atomic E-state index is 12.3. The molecule has 0 saturated heterocycles. The van der Waals surface area contributed by atoms with E-state index in [0.29, 0.717) is 22.3 Å². The average Bonchev–Trinajstić information content (AvgIpc) is 3.47. The van der Waals surface area contributed by atoms with E-state index in [1.165, 1.54) is 23.2 Å². The van der Waals surface area contributed by atoms with Gasteiger partial charge >= 0.3 is 5.97 Å². The van der Waals surface area contributed by atoms with Crippen LogP contribution in [0.1, 0.15) is 28.9 Å². The number of carbonyl (C=O) groups excluding carboxylic acids is 2. The van der Waals surface area contributed by atoms with Crippen LogP contribution in [0.5, 0.6) is 5.75 Å². The molecule has 32 heavy (non-hydrogen) atoms. The number of hydrogen-bond donors (Lipinski definition) is 0. The Bertz CT molecular complexity index is 1190. The Morgan fingerprint density at radius 1 is 0.969 bits per heavy atom. The number of para-hydroxylation sites is 2. The summed E-state index contributed by atoms with van der Waals surface area (Å²) in [5.74, 6) is 0.549. The molecule has 4 rings (SSSR count). The molecule has 0 fully saturated rings. The van der Waals surface area contributed by atoms with Gasteiger partial charge in [0.25, 0.3) is 0 Å². The van der Waals surface area contributed by atoms with Crippen LogP contribution < -0.4 is 9.64 Å². The van der Waals surface area contributed by atoms with Crippen molar-refractivity contribution < 1.29 is 23.5 Å². The molecule has 0 bridgehead atoms. The van der Waals surface area contributed by atoms with E-state index in [4.69, 9.17) is 13.9 Å². The molecule has 0 N–H and O–H groups in total. The SMILES string of the molecule is CC(=O)N(c1ccccc1)c1nc(COC(=O)c2ccc(COc3ccccc3)o2)cs1. The predicted octanol–water partition coefficient (Wildman–Crippen LogP) is 5.36. The first-order valence-corrected chi connectivity index (χ1v) is 10.7. The van der Waals surface area contributed by atoms with E-state index in [2.05, 4.69) is 4.98 Å². The van der Waals surface area contributed by atoms with Crippen LogP contribution in [0.25, 0.3) is 0 Å². The number of esters is 1. The lowest BCUT2D eigenvalue weighted by Gasteiger charge is -2.17. The first-order valence-electron chi connectivity index (χ1n) is 9.84. The van der Waals surface area contributed by atoms with Crippen molar-refractivity contribution in [1.29, 1.82) is 0 Å². The molecule has 0 aliphatic rings. The van der Waals surface area contributed by atoms with Gasteiger partial charge in [-0.2, -0.15) is 0 Å². The molecule has 2 aromatic heterocycles. The van der Waals surface area contributed by atoms with Crippen LogP contribution in [-0.4, -0.2) is 16.9 Å². The molecule has 4 aromatic rings. The van der Waals surface area contributed by atoms with Gasteiger partial charge in [-0.1, -0.05) is 36.4 Å². The Morgan fingerprint density at radius 2 is 1.69 bits per heavy atom. The lowest BCUT2D eigenvalue weighted by molar-refractivity contribution is -0.115. The third-order valence-corrected chi connectivity index (χ3v) is 5.27. The topological polar surface area (TPSA) is 81.9 Å². The number of nitrogens with zero attached hydrogens (tertiary/aromatic N) is 2. The summed E-state index contributed by atoms with van der Waals surface area (Å²) in [4.78, 5) is 30.4. The minimum absolute atomic E-state index is 0.0353. The summed E-state index contributed by atoms with van der Waals surface area (Å²) in [7, 11) is 0. The Balaban J connectivity index is 1.34. The van der Waals surface area contributed by atoms with E-state index in [1.807, 2.05) is 60.7 Å². The fourth-order valence-corrected chi connectivity index (χ4v) is 3.79. The standard InChI is InChI=1S/C24H20N2O5S/c1-17(27)26(19-8-4-2-5-9-19)24-25-18(16-32-24)14-30-23(28)22-13-12-21(31-22)15-29-20-10-6-3-7-11-20/h2-13,16H,14-15H2,1H3. The van der Waals surface area contributed by atoms with Crippen molar-refractivity contribution in [3.63, 3.8) is 0 Å². The summed E-state index contributed by atoms with van der Waals surface area (Å²) < 4.78 is 16.4. The summed E-state index contributed by atoms with van der Waals surface area (Å²) in [6.45, 7) is 1.64. The van der Waals surface area contributed by atoms with Crippen molar-refractivity contribution in [2.24, 2.45) is 0 Å². The second-order valence-corrected chi connectivity index (χ2v) is 7.59. The number of carbonyl (C=O) groups is 2. The van der Waals surface area contributed by atoms with Crippen LogP contribution >= 0.6 is 11.3 Å². The number of rotatable bonds is 8. The Morgan fingerprint density at radius 3 is 2.41 bits per heavy atom. The maximum Gasteiger partial charge on any atom is 0.374 e. The normalized spacial score (nSPS) is 10.5. The first kappa shape index (κ1) is 21.3. The van der Waals surface area contributed by atoms with Gasteiger partial charge in [0.05, 0.1) is 11.4 Å². The van der Waals surface area contributed by atoms with Gasteiger partial charge in [0, 0.05) is 12.3 Å². The third-order valence-electron chi connectivity index (χ3n) is 4.40. The zero-order valence-electron chi connectivity index (χ0n) is 17.3. The van der Waals surface area contributed by atoms with Crippen LogP contribution in [0.2, 0.25) is 0 Å². The van der Waals surface area contributed by atoms with Crippen LogP contribution in [0.15, 0.2) is 82.6 Å². The summed E-state index contributed by atoms with van der Waals surface area (Å²) in [6.07, 6.45) is 0. The molecular weight excluding hydrogens is 428 g/mol. The highest BCUT2D eigenvalue weighted by atomic mass is 32.1. The Hall–Kier alpha value is -3.91. The predicted molar refractivity (Wildman–Crippen MR) is 120 cm³/mol. The molecule has 2 heterocycles. The van der Waals surface area contributed by atoms with Gasteiger partial charge in [0.1, 0.15) is 24.7 Å². The van der Waals surface area contributed by atoms with Crippen LogP contribution in [0.3, 0.4) is 0 Å². The van der Waals surface area contributed by atoms with E-state index < -0.39 is 5.97 Å². The molecule has 0 saturated carbocycles. The van der Waals surface area contributed by atoms with Crippen molar-refractivity contribution in [3.8, 4) is 5.75 Å². The summed E-state index contributed by atoms with van der Waals surface area (Å²) in [6, 6.07) is 21.8. The zero-order chi connectivity index (χ0) is 22.3. The molecule has 0 aliphatic heterocycles. The largest absolute Gasteiger partial charge is 0.486 e. The number of hydrogen-bond acceptors (Lipinski definition) is 7. The number of thiazole rings is 1. The summed E-state index contributed by atoms with van der Waals surface area (Å²) in [5, 5.41) is 2.26. The van der Waals surface area contributed by atoms with Gasteiger partial charge in [-0.05, 0) is 36.4 Å². The lowest BCUT2D eigenvalue weighted by Crippen LogP contribution is -2.22. The molecule has 0 aliphatic carbocycles. The van der Waals surface area contributed by atoms with Gasteiger partial charge in [-0.3, -0.25) is 9.69 Å². The summed E-state index contributed by atoms with van der Waals surface area (Å²) in [5.41, 5.74) is 1.26. The van der Waals surface area contributed by atoms with Crippen molar-refractivity contribution >= 4 is 34.0 Å². The molecule has 7 nitrogen and oxygen atoms in total. The Kier molecular flexibility index (Phi) is 6.62. The van der Waals surface area contributed by atoms with E-state index in [9.17, 15) is 9.59 Å². The fourth-order valence-electron chi connectivity index (χ4n) is 2.92. The van der Waals surface area contributed by atoms with E-state index in [-0.39, 0.29) is 24.9 Å². The Labute approximate surface area is 188 Å². The highest BCUT2D eigenvalue weighted by molar-refractivity contribution is 7.14. The zero-order valence-corrected chi connectivity index (χ0v) is 18.1. The molecule has 0 radical (unpaired) electrons. The first-order chi connectivity index (χ1) is 15.6. The van der Waals surface area contributed by atoms with Crippen molar-refractivity contribution in [3.05, 3.63) is 95.4 Å². The molecule has 0 spiro atoms. The number of furan rings is 1. The van der Waals surface area contributed by atoms with E-state index in [0.717, 1.165) is 5.69 Å². The number of aromatic nitrogens is 1. The molecule has 162 valence electrons. The minimum atomic E-state index is -0.600. The van der Waals surface area contributed by atoms with Crippen LogP contribution in [-0.2, 0) is 22.7 Å². The fraction of sp³-hybridized carbons (Fsp3) is 0.125. The molecule has 1 amide bonds. The molecule has 0 unspecified atom stereocenters. The van der Waals surface area contributed by atoms with E-state index >= 15 is 0 Å². The monoisotopic (exact) mass is 448 g/mol. The van der Waals surface area contributed by atoms with Crippen LogP contribution in [0, 0.1) is 0 Å². The molecule has 0 atom stereocenters. The smallest absolute Gasteiger partial charge is 0.374 e. The number of ether oxygens (including phenoxy) is 2. The van der Waals surface area contributed by atoms with Gasteiger partial charge in [-0.25, -0.2) is 9.78 Å². The van der Waals surface area contributed by atoms with Crippen molar-refractivity contribution in [1.82, 2.24) is 4.98 Å². The van der Waals surface area contributed by atoms with Crippen molar-refractivity contribution in [2.75, 3.05) is 4.90 Å². The maximum atomic E-state index is 12.3. The lowest BCUT2D eigenvalue weighted by atomic mass is 10.3. The number of anilines is 2.